The molecule has 20 heavy (non-hydrogen) atoms. The molecule has 112 valence electrons. The van der Waals surface area contributed by atoms with Gasteiger partial charge in [-0.3, -0.25) is 0 Å². The van der Waals surface area contributed by atoms with E-state index in [2.05, 4.69) is 20.3 Å². The Balaban J connectivity index is 2.29. The second-order valence-corrected chi connectivity index (χ2v) is 6.81. The summed E-state index contributed by atoms with van der Waals surface area (Å²) in [7, 11) is -1.26. The standard InChI is InChI=1S/C11H19N5O3S/c1-4-19-11-14-9(12-3)13-10(15-11)16-5-6-20(17,18)7-8(16)2/h8H,4-7H2,1-3H3,(H,12,13,14,15). The normalized spacial score (nSPS) is 21.6. The van der Waals surface area contributed by atoms with Gasteiger partial charge in [-0.25, -0.2) is 8.42 Å². The highest BCUT2D eigenvalue weighted by atomic mass is 32.2. The lowest BCUT2D eigenvalue weighted by Gasteiger charge is -2.33. The van der Waals surface area contributed by atoms with Crippen molar-refractivity contribution < 1.29 is 13.2 Å². The lowest BCUT2D eigenvalue weighted by Crippen LogP contribution is -2.47. The van der Waals surface area contributed by atoms with Crippen LogP contribution >= 0.6 is 0 Å². The summed E-state index contributed by atoms with van der Waals surface area (Å²) in [6.45, 7) is 4.53. The van der Waals surface area contributed by atoms with Crippen molar-refractivity contribution in [3.05, 3.63) is 0 Å². The minimum atomic E-state index is -2.97. The fourth-order valence-corrected chi connectivity index (χ4v) is 3.63. The van der Waals surface area contributed by atoms with Crippen molar-refractivity contribution in [2.45, 2.75) is 19.9 Å². The summed E-state index contributed by atoms with van der Waals surface area (Å²) in [6.07, 6.45) is 0. The molecular formula is C11H19N5O3S. The molecule has 9 heteroatoms. The van der Waals surface area contributed by atoms with Crippen LogP contribution in [0, 0.1) is 0 Å². The summed E-state index contributed by atoms with van der Waals surface area (Å²) in [5.74, 6) is 1.06. The number of aromatic nitrogens is 3. The van der Waals surface area contributed by atoms with Crippen molar-refractivity contribution >= 4 is 21.7 Å². The first-order valence-electron chi connectivity index (χ1n) is 6.49. The quantitative estimate of drug-likeness (QED) is 0.825. The van der Waals surface area contributed by atoms with Crippen molar-refractivity contribution in [3.63, 3.8) is 0 Å². The Morgan fingerprint density at radius 2 is 2.15 bits per heavy atom. The first kappa shape index (κ1) is 14.8. The molecule has 2 rings (SSSR count). The number of hydrogen-bond donors (Lipinski definition) is 1. The topological polar surface area (TPSA) is 97.3 Å². The Kier molecular flexibility index (Phi) is 4.26. The van der Waals surface area contributed by atoms with E-state index in [1.807, 2.05) is 18.7 Å². The number of sulfone groups is 1. The second-order valence-electron chi connectivity index (χ2n) is 4.58. The molecule has 0 saturated carbocycles. The predicted molar refractivity (Wildman–Crippen MR) is 76.0 cm³/mol. The van der Waals surface area contributed by atoms with Crippen LogP contribution in [0.25, 0.3) is 0 Å². The molecule has 0 bridgehead atoms. The molecule has 0 aromatic carbocycles. The van der Waals surface area contributed by atoms with Crippen LogP contribution in [0.3, 0.4) is 0 Å². The van der Waals surface area contributed by atoms with E-state index < -0.39 is 9.84 Å². The zero-order chi connectivity index (χ0) is 14.8. The van der Waals surface area contributed by atoms with E-state index in [-0.39, 0.29) is 23.6 Å². The van der Waals surface area contributed by atoms with Gasteiger partial charge < -0.3 is 15.0 Å². The van der Waals surface area contributed by atoms with E-state index in [4.69, 9.17) is 4.74 Å². The molecule has 0 aliphatic carbocycles. The first-order valence-corrected chi connectivity index (χ1v) is 8.31. The van der Waals surface area contributed by atoms with Crippen molar-refractivity contribution in [1.82, 2.24) is 15.0 Å². The third kappa shape index (κ3) is 3.27. The van der Waals surface area contributed by atoms with Crippen LogP contribution in [-0.2, 0) is 9.84 Å². The minimum absolute atomic E-state index is 0.109. The number of anilines is 2. The van der Waals surface area contributed by atoms with Crippen LogP contribution in [0.15, 0.2) is 0 Å². The molecule has 0 spiro atoms. The maximum Gasteiger partial charge on any atom is 0.323 e. The van der Waals surface area contributed by atoms with Gasteiger partial charge in [-0.2, -0.15) is 15.0 Å². The highest BCUT2D eigenvalue weighted by molar-refractivity contribution is 7.91. The Morgan fingerprint density at radius 3 is 2.75 bits per heavy atom. The third-order valence-electron chi connectivity index (χ3n) is 3.03. The number of hydrogen-bond acceptors (Lipinski definition) is 8. The maximum atomic E-state index is 11.6. The third-order valence-corrected chi connectivity index (χ3v) is 4.82. The van der Waals surface area contributed by atoms with Gasteiger partial charge in [0.15, 0.2) is 9.84 Å². The molecule has 1 unspecified atom stereocenters. The van der Waals surface area contributed by atoms with Gasteiger partial charge in [0, 0.05) is 19.6 Å². The lowest BCUT2D eigenvalue weighted by atomic mass is 10.3. The molecule has 1 aliphatic heterocycles. The summed E-state index contributed by atoms with van der Waals surface area (Å²) in [4.78, 5) is 14.5. The van der Waals surface area contributed by atoms with E-state index in [9.17, 15) is 8.42 Å². The molecule has 1 aromatic rings. The zero-order valence-corrected chi connectivity index (χ0v) is 12.6. The SMILES string of the molecule is CCOc1nc(NC)nc(N2CCS(=O)(=O)CC2C)n1. The molecule has 1 saturated heterocycles. The van der Waals surface area contributed by atoms with Gasteiger partial charge in [0.1, 0.15) is 0 Å². The van der Waals surface area contributed by atoms with E-state index in [0.29, 0.717) is 25.0 Å². The van der Waals surface area contributed by atoms with Gasteiger partial charge in [0.25, 0.3) is 0 Å². The molecule has 1 atom stereocenters. The lowest BCUT2D eigenvalue weighted by molar-refractivity contribution is 0.312. The van der Waals surface area contributed by atoms with Gasteiger partial charge in [0.2, 0.25) is 11.9 Å². The predicted octanol–water partition coefficient (Wildman–Crippen LogP) is -0.0647. The summed E-state index contributed by atoms with van der Waals surface area (Å²) in [6, 6.07) is 0.0674. The molecule has 1 N–H and O–H groups in total. The van der Waals surface area contributed by atoms with Gasteiger partial charge in [0.05, 0.1) is 18.1 Å². The number of ether oxygens (including phenoxy) is 1. The molecule has 0 amide bonds. The van der Waals surface area contributed by atoms with Crippen LogP contribution in [0.4, 0.5) is 11.9 Å². The largest absolute Gasteiger partial charge is 0.464 e. The average molecular weight is 301 g/mol. The summed E-state index contributed by atoms with van der Waals surface area (Å²) < 4.78 is 28.5. The Labute approximate surface area is 118 Å². The van der Waals surface area contributed by atoms with E-state index in [0.717, 1.165) is 0 Å². The Morgan fingerprint density at radius 1 is 1.40 bits per heavy atom. The van der Waals surface area contributed by atoms with Crippen LogP contribution in [0.5, 0.6) is 6.01 Å². The second kappa shape index (κ2) is 5.78. The van der Waals surface area contributed by atoms with Crippen molar-refractivity contribution in [2.75, 3.05) is 41.9 Å². The zero-order valence-electron chi connectivity index (χ0n) is 11.8. The van der Waals surface area contributed by atoms with Gasteiger partial charge in [-0.05, 0) is 13.8 Å². The number of nitrogens with zero attached hydrogens (tertiary/aromatic N) is 4. The number of rotatable bonds is 4. The highest BCUT2D eigenvalue weighted by Crippen LogP contribution is 2.20. The molecule has 0 radical (unpaired) electrons. The van der Waals surface area contributed by atoms with Gasteiger partial charge in [-0.15, -0.1) is 0 Å². The Hall–Kier alpha value is -1.64. The van der Waals surface area contributed by atoms with E-state index in [1.165, 1.54) is 0 Å². The van der Waals surface area contributed by atoms with Crippen molar-refractivity contribution in [3.8, 4) is 6.01 Å². The highest BCUT2D eigenvalue weighted by Gasteiger charge is 2.30. The van der Waals surface area contributed by atoms with Gasteiger partial charge in [-0.1, -0.05) is 0 Å². The monoisotopic (exact) mass is 301 g/mol. The summed E-state index contributed by atoms with van der Waals surface area (Å²) >= 11 is 0. The molecule has 2 heterocycles. The molecule has 1 aromatic heterocycles. The van der Waals surface area contributed by atoms with Gasteiger partial charge >= 0.3 is 6.01 Å². The smallest absolute Gasteiger partial charge is 0.323 e. The van der Waals surface area contributed by atoms with Crippen LogP contribution < -0.4 is 15.0 Å². The first-order chi connectivity index (χ1) is 9.45. The van der Waals surface area contributed by atoms with E-state index in [1.54, 1.807) is 7.05 Å². The van der Waals surface area contributed by atoms with Crippen LogP contribution in [0.1, 0.15) is 13.8 Å². The summed E-state index contributed by atoms with van der Waals surface area (Å²) in [5, 5.41) is 2.85. The molecule has 8 nitrogen and oxygen atoms in total. The maximum absolute atomic E-state index is 11.6. The molecular weight excluding hydrogens is 282 g/mol. The molecule has 1 aliphatic rings. The fourth-order valence-electron chi connectivity index (χ4n) is 2.08. The Bertz CT molecular complexity index is 577. The summed E-state index contributed by atoms with van der Waals surface area (Å²) in [5.41, 5.74) is 0. The number of nitrogens with one attached hydrogen (secondary N) is 1. The van der Waals surface area contributed by atoms with Crippen LogP contribution in [-0.4, -0.2) is 61.1 Å². The molecule has 1 fully saturated rings. The average Bonchev–Trinajstić information content (AvgIpc) is 2.37. The van der Waals surface area contributed by atoms with Crippen LogP contribution in [0.2, 0.25) is 0 Å². The van der Waals surface area contributed by atoms with Crippen molar-refractivity contribution in [2.24, 2.45) is 0 Å². The fraction of sp³-hybridized carbons (Fsp3) is 0.727. The van der Waals surface area contributed by atoms with Crippen molar-refractivity contribution in [1.29, 1.82) is 0 Å². The van der Waals surface area contributed by atoms with E-state index >= 15 is 0 Å². The minimum Gasteiger partial charge on any atom is -0.464 e.